The monoisotopic (exact) mass is 270 g/mol. The molecule has 1 N–H and O–H groups in total. The van der Waals surface area contributed by atoms with E-state index >= 15 is 0 Å². The van der Waals surface area contributed by atoms with Gasteiger partial charge in [-0.15, -0.1) is 0 Å². The van der Waals surface area contributed by atoms with E-state index in [0.29, 0.717) is 15.2 Å². The van der Waals surface area contributed by atoms with Gasteiger partial charge < -0.3 is 9.55 Å². The molecule has 0 atom stereocenters. The van der Waals surface area contributed by atoms with E-state index in [1.807, 2.05) is 24.5 Å². The molecule has 0 saturated carbocycles. The fourth-order valence-electron chi connectivity index (χ4n) is 1.94. The maximum absolute atomic E-state index is 11.7. The van der Waals surface area contributed by atoms with E-state index < -0.39 is 9.84 Å². The summed E-state index contributed by atoms with van der Waals surface area (Å²) in [7, 11) is -3.25. The topological polar surface area (TPSA) is 54.9 Å². The summed E-state index contributed by atoms with van der Waals surface area (Å²) in [5.41, 5.74) is 1.42. The number of imidazole rings is 1. The van der Waals surface area contributed by atoms with Crippen molar-refractivity contribution in [2.24, 2.45) is 0 Å². The van der Waals surface area contributed by atoms with E-state index in [1.54, 1.807) is 12.1 Å². The Bertz CT molecular complexity index is 723. The van der Waals surface area contributed by atoms with Gasteiger partial charge in [-0.2, -0.15) is 0 Å². The number of fused-ring (bicyclic) bond motifs is 1. The Kier molecular flexibility index (Phi) is 2.87. The minimum Gasteiger partial charge on any atom is -0.329 e. The predicted octanol–water partition coefficient (Wildman–Crippen LogP) is 2.68. The summed E-state index contributed by atoms with van der Waals surface area (Å²) >= 11 is 5.22. The molecule has 17 heavy (non-hydrogen) atoms. The number of aromatic amines is 1. The van der Waals surface area contributed by atoms with Crippen molar-refractivity contribution < 1.29 is 8.42 Å². The van der Waals surface area contributed by atoms with Gasteiger partial charge in [0, 0.05) is 12.3 Å². The molecule has 0 spiro atoms. The summed E-state index contributed by atoms with van der Waals surface area (Å²) in [6, 6.07) is 5.38. The molecule has 6 heteroatoms. The maximum Gasteiger partial charge on any atom is 0.178 e. The summed E-state index contributed by atoms with van der Waals surface area (Å²) in [5, 5.41) is 0. The number of sulfone groups is 1. The number of benzene rings is 1. The third-order valence-electron chi connectivity index (χ3n) is 2.63. The zero-order valence-corrected chi connectivity index (χ0v) is 11.5. The quantitative estimate of drug-likeness (QED) is 0.854. The second-order valence-corrected chi connectivity index (χ2v) is 6.69. The lowest BCUT2D eigenvalue weighted by molar-refractivity contribution is 0.602. The Labute approximate surface area is 105 Å². The lowest BCUT2D eigenvalue weighted by Gasteiger charge is -2.08. The molecule has 0 amide bonds. The van der Waals surface area contributed by atoms with Crippen molar-refractivity contribution in [2.75, 3.05) is 6.26 Å². The lowest BCUT2D eigenvalue weighted by atomic mass is 10.3. The molecule has 0 aliphatic rings. The highest BCUT2D eigenvalue weighted by molar-refractivity contribution is 7.91. The lowest BCUT2D eigenvalue weighted by Crippen LogP contribution is -2.01. The fraction of sp³-hybridized carbons (Fsp3) is 0.364. The Morgan fingerprint density at radius 2 is 2.00 bits per heavy atom. The van der Waals surface area contributed by atoms with Crippen molar-refractivity contribution in [3.63, 3.8) is 0 Å². The molecule has 0 saturated heterocycles. The standard InChI is InChI=1S/C11H14N2O2S2/c1-7(2)13-8-5-4-6-9(17(3,14)15)10(8)12-11(13)16/h4-7H,1-3H3,(H,12,16). The highest BCUT2D eigenvalue weighted by Gasteiger charge is 2.16. The number of nitrogens with one attached hydrogen (secondary N) is 1. The van der Waals surface area contributed by atoms with Crippen LogP contribution in [0.1, 0.15) is 19.9 Å². The predicted molar refractivity (Wildman–Crippen MR) is 70.6 cm³/mol. The van der Waals surface area contributed by atoms with Crippen LogP contribution in [0.3, 0.4) is 0 Å². The Balaban J connectivity index is 2.95. The molecule has 4 nitrogen and oxygen atoms in total. The van der Waals surface area contributed by atoms with Gasteiger partial charge in [0.2, 0.25) is 0 Å². The van der Waals surface area contributed by atoms with Gasteiger partial charge in [-0.3, -0.25) is 0 Å². The minimum atomic E-state index is -3.25. The SMILES string of the molecule is CC(C)n1c(=S)[nH]c2c(S(C)(=O)=O)cccc21. The largest absolute Gasteiger partial charge is 0.329 e. The van der Waals surface area contributed by atoms with Crippen molar-refractivity contribution in [1.82, 2.24) is 9.55 Å². The van der Waals surface area contributed by atoms with E-state index in [-0.39, 0.29) is 6.04 Å². The van der Waals surface area contributed by atoms with Crippen LogP contribution in [-0.4, -0.2) is 24.2 Å². The van der Waals surface area contributed by atoms with Gasteiger partial charge in [-0.25, -0.2) is 8.42 Å². The molecular formula is C11H14N2O2S2. The average Bonchev–Trinajstić information content (AvgIpc) is 2.51. The molecule has 1 aromatic heterocycles. The molecule has 0 fully saturated rings. The summed E-state index contributed by atoms with van der Waals surface area (Å²) in [6.45, 7) is 4.02. The van der Waals surface area contributed by atoms with Crippen LogP contribution in [0.5, 0.6) is 0 Å². The minimum absolute atomic E-state index is 0.186. The molecule has 0 radical (unpaired) electrons. The van der Waals surface area contributed by atoms with Gasteiger partial charge in [0.15, 0.2) is 14.6 Å². The van der Waals surface area contributed by atoms with Crippen LogP contribution in [0, 0.1) is 4.77 Å². The van der Waals surface area contributed by atoms with Crippen LogP contribution >= 0.6 is 12.2 Å². The van der Waals surface area contributed by atoms with Crippen molar-refractivity contribution in [1.29, 1.82) is 0 Å². The van der Waals surface area contributed by atoms with E-state index in [4.69, 9.17) is 12.2 Å². The van der Waals surface area contributed by atoms with Crippen molar-refractivity contribution in [3.8, 4) is 0 Å². The molecule has 0 unspecified atom stereocenters. The Hall–Kier alpha value is -1.14. The average molecular weight is 270 g/mol. The first-order valence-corrected chi connectivity index (χ1v) is 7.55. The van der Waals surface area contributed by atoms with Gasteiger partial charge >= 0.3 is 0 Å². The van der Waals surface area contributed by atoms with Crippen LogP contribution in [0.25, 0.3) is 11.0 Å². The molecule has 0 aliphatic carbocycles. The van der Waals surface area contributed by atoms with Crippen molar-refractivity contribution in [3.05, 3.63) is 23.0 Å². The number of hydrogen-bond donors (Lipinski definition) is 1. The third kappa shape index (κ3) is 2.02. The van der Waals surface area contributed by atoms with E-state index in [2.05, 4.69) is 4.98 Å². The number of H-pyrrole nitrogens is 1. The Morgan fingerprint density at radius 3 is 2.53 bits per heavy atom. The van der Waals surface area contributed by atoms with Gasteiger partial charge in [-0.1, -0.05) is 6.07 Å². The summed E-state index contributed by atoms with van der Waals surface area (Å²) in [6.07, 6.45) is 1.20. The molecule has 2 aromatic rings. The highest BCUT2D eigenvalue weighted by Crippen LogP contribution is 2.24. The first-order chi connectivity index (χ1) is 7.82. The van der Waals surface area contributed by atoms with Crippen molar-refractivity contribution >= 4 is 33.1 Å². The molecular weight excluding hydrogens is 256 g/mol. The van der Waals surface area contributed by atoms with E-state index in [9.17, 15) is 8.42 Å². The fourth-order valence-corrected chi connectivity index (χ4v) is 3.21. The Morgan fingerprint density at radius 1 is 1.35 bits per heavy atom. The summed E-state index contributed by atoms with van der Waals surface area (Å²) < 4.78 is 25.8. The molecule has 0 aliphatic heterocycles. The summed E-state index contributed by atoms with van der Waals surface area (Å²) in [5.74, 6) is 0. The smallest absolute Gasteiger partial charge is 0.178 e. The van der Waals surface area contributed by atoms with Gasteiger partial charge in [-0.05, 0) is 38.2 Å². The van der Waals surface area contributed by atoms with E-state index in [0.717, 1.165) is 5.52 Å². The zero-order valence-electron chi connectivity index (χ0n) is 9.89. The molecule has 0 bridgehead atoms. The number of hydrogen-bond acceptors (Lipinski definition) is 3. The number of rotatable bonds is 2. The normalized spacial score (nSPS) is 12.5. The highest BCUT2D eigenvalue weighted by atomic mass is 32.2. The molecule has 2 rings (SSSR count). The first-order valence-electron chi connectivity index (χ1n) is 5.25. The van der Waals surface area contributed by atoms with Crippen LogP contribution in [0.4, 0.5) is 0 Å². The van der Waals surface area contributed by atoms with Gasteiger partial charge in [0.25, 0.3) is 0 Å². The second kappa shape index (κ2) is 3.96. The zero-order chi connectivity index (χ0) is 12.8. The van der Waals surface area contributed by atoms with Crippen molar-refractivity contribution in [2.45, 2.75) is 24.8 Å². The van der Waals surface area contributed by atoms with Crippen LogP contribution < -0.4 is 0 Å². The van der Waals surface area contributed by atoms with Crippen LogP contribution in [0.2, 0.25) is 0 Å². The first kappa shape index (κ1) is 12.3. The number of para-hydroxylation sites is 1. The number of aromatic nitrogens is 2. The second-order valence-electron chi connectivity index (χ2n) is 4.32. The number of nitrogens with zero attached hydrogens (tertiary/aromatic N) is 1. The molecule has 1 heterocycles. The summed E-state index contributed by atoms with van der Waals surface area (Å²) in [4.78, 5) is 3.27. The van der Waals surface area contributed by atoms with E-state index in [1.165, 1.54) is 6.26 Å². The van der Waals surface area contributed by atoms with Crippen LogP contribution in [0.15, 0.2) is 23.1 Å². The van der Waals surface area contributed by atoms with Crippen LogP contribution in [-0.2, 0) is 9.84 Å². The molecule has 92 valence electrons. The molecule has 1 aromatic carbocycles. The van der Waals surface area contributed by atoms with Gasteiger partial charge in [0.05, 0.1) is 15.9 Å². The van der Waals surface area contributed by atoms with Gasteiger partial charge in [0.1, 0.15) is 0 Å². The third-order valence-corrected chi connectivity index (χ3v) is 4.07. The maximum atomic E-state index is 11.7.